The highest BCUT2D eigenvalue weighted by molar-refractivity contribution is 5.85. The van der Waals surface area contributed by atoms with Crippen LogP contribution in [0.5, 0.6) is 0 Å². The molecule has 2 amide bonds. The first-order chi connectivity index (χ1) is 8.97. The van der Waals surface area contributed by atoms with Crippen LogP contribution in [0.4, 0.5) is 0 Å². The Morgan fingerprint density at radius 3 is 2.63 bits per heavy atom. The minimum absolute atomic E-state index is 0.0461. The Labute approximate surface area is 113 Å². The first-order valence-electron chi connectivity index (χ1n) is 6.76. The second kappa shape index (κ2) is 7.11. The third-order valence-electron chi connectivity index (χ3n) is 3.54. The number of carboxylic acid groups (broad SMARTS) is 1. The second-order valence-corrected chi connectivity index (χ2v) is 4.94. The molecular formula is C13H22N2O4. The molecular weight excluding hydrogens is 248 g/mol. The van der Waals surface area contributed by atoms with E-state index in [1.807, 2.05) is 6.92 Å². The summed E-state index contributed by atoms with van der Waals surface area (Å²) in [6, 6.07) is -0.318. The van der Waals surface area contributed by atoms with E-state index >= 15 is 0 Å². The quantitative estimate of drug-likeness (QED) is 0.766. The molecule has 1 saturated heterocycles. The van der Waals surface area contributed by atoms with Crippen molar-refractivity contribution >= 4 is 17.8 Å². The molecule has 0 bridgehead atoms. The number of piperidine rings is 1. The number of aliphatic carboxylic acids is 1. The molecule has 0 spiro atoms. The van der Waals surface area contributed by atoms with Crippen LogP contribution < -0.4 is 5.32 Å². The number of carbonyl (C=O) groups is 3. The molecule has 0 radical (unpaired) electrons. The molecule has 0 aromatic heterocycles. The number of likely N-dealkylation sites (tertiary alicyclic amines) is 1. The third kappa shape index (κ3) is 4.22. The fraction of sp³-hybridized carbons (Fsp3) is 0.769. The fourth-order valence-corrected chi connectivity index (χ4v) is 2.42. The van der Waals surface area contributed by atoms with E-state index in [0.29, 0.717) is 25.8 Å². The lowest BCUT2D eigenvalue weighted by Crippen LogP contribution is -2.51. The lowest BCUT2D eigenvalue weighted by Gasteiger charge is -2.37. The zero-order chi connectivity index (χ0) is 14.4. The standard InChI is InChI=1S/C13H22N2O4/c1-3-5-11(16)14-8-12(17)15-7-4-6-10(9(15)2)13(18)19/h9-10H,3-8H2,1-2H3,(H,14,16)(H,18,19)/t9-,10-/m0/s1. The van der Waals surface area contributed by atoms with Crippen LogP contribution in [0.15, 0.2) is 0 Å². The summed E-state index contributed by atoms with van der Waals surface area (Å²) in [5.41, 5.74) is 0. The van der Waals surface area contributed by atoms with E-state index in [4.69, 9.17) is 5.11 Å². The van der Waals surface area contributed by atoms with Crippen LogP contribution in [0, 0.1) is 5.92 Å². The van der Waals surface area contributed by atoms with Crippen molar-refractivity contribution in [3.63, 3.8) is 0 Å². The first-order valence-corrected chi connectivity index (χ1v) is 6.76. The summed E-state index contributed by atoms with van der Waals surface area (Å²) in [6.07, 6.45) is 2.43. The van der Waals surface area contributed by atoms with E-state index in [1.165, 1.54) is 0 Å². The van der Waals surface area contributed by atoms with E-state index in [1.54, 1.807) is 11.8 Å². The molecule has 2 atom stereocenters. The van der Waals surface area contributed by atoms with Gasteiger partial charge in [0, 0.05) is 19.0 Å². The Morgan fingerprint density at radius 1 is 1.37 bits per heavy atom. The van der Waals surface area contributed by atoms with Gasteiger partial charge in [0.05, 0.1) is 12.5 Å². The number of rotatable bonds is 5. The van der Waals surface area contributed by atoms with Gasteiger partial charge in [-0.05, 0) is 26.2 Å². The predicted octanol–water partition coefficient (Wildman–Crippen LogP) is 0.614. The highest BCUT2D eigenvalue weighted by Crippen LogP contribution is 2.23. The van der Waals surface area contributed by atoms with Crippen molar-refractivity contribution < 1.29 is 19.5 Å². The van der Waals surface area contributed by atoms with Crippen molar-refractivity contribution in [3.8, 4) is 0 Å². The van der Waals surface area contributed by atoms with Crippen molar-refractivity contribution in [1.82, 2.24) is 10.2 Å². The van der Waals surface area contributed by atoms with Gasteiger partial charge in [0.1, 0.15) is 0 Å². The Balaban J connectivity index is 2.51. The molecule has 0 aromatic rings. The van der Waals surface area contributed by atoms with Crippen LogP contribution in [0.25, 0.3) is 0 Å². The summed E-state index contributed by atoms with van der Waals surface area (Å²) in [5.74, 6) is -1.72. The van der Waals surface area contributed by atoms with E-state index in [2.05, 4.69) is 5.32 Å². The smallest absolute Gasteiger partial charge is 0.308 e. The van der Waals surface area contributed by atoms with Gasteiger partial charge in [0.15, 0.2) is 0 Å². The number of hydrogen-bond donors (Lipinski definition) is 2. The van der Waals surface area contributed by atoms with Crippen LogP contribution in [0.3, 0.4) is 0 Å². The molecule has 19 heavy (non-hydrogen) atoms. The number of hydrogen-bond acceptors (Lipinski definition) is 3. The van der Waals surface area contributed by atoms with Crippen molar-refractivity contribution in [3.05, 3.63) is 0 Å². The average Bonchev–Trinajstić information content (AvgIpc) is 2.36. The molecule has 6 nitrogen and oxygen atoms in total. The van der Waals surface area contributed by atoms with Crippen LogP contribution >= 0.6 is 0 Å². The van der Waals surface area contributed by atoms with Gasteiger partial charge in [0.2, 0.25) is 11.8 Å². The van der Waals surface area contributed by atoms with E-state index in [-0.39, 0.29) is 24.4 Å². The predicted molar refractivity (Wildman–Crippen MR) is 69.5 cm³/mol. The Kier molecular flexibility index (Phi) is 5.79. The van der Waals surface area contributed by atoms with Crippen LogP contribution in [-0.2, 0) is 14.4 Å². The molecule has 0 saturated carbocycles. The summed E-state index contributed by atoms with van der Waals surface area (Å²) in [7, 11) is 0. The molecule has 0 aliphatic carbocycles. The van der Waals surface area contributed by atoms with E-state index in [9.17, 15) is 14.4 Å². The summed E-state index contributed by atoms with van der Waals surface area (Å²) < 4.78 is 0. The molecule has 1 aliphatic heterocycles. The van der Waals surface area contributed by atoms with E-state index in [0.717, 1.165) is 6.42 Å². The molecule has 1 aliphatic rings. The highest BCUT2D eigenvalue weighted by Gasteiger charge is 2.35. The summed E-state index contributed by atoms with van der Waals surface area (Å²) in [5, 5.41) is 11.7. The second-order valence-electron chi connectivity index (χ2n) is 4.94. The zero-order valence-corrected chi connectivity index (χ0v) is 11.5. The lowest BCUT2D eigenvalue weighted by atomic mass is 9.90. The number of nitrogens with one attached hydrogen (secondary N) is 1. The summed E-state index contributed by atoms with van der Waals surface area (Å²) in [4.78, 5) is 36.0. The van der Waals surface area contributed by atoms with Gasteiger partial charge in [-0.15, -0.1) is 0 Å². The Bertz CT molecular complexity index is 357. The summed E-state index contributed by atoms with van der Waals surface area (Å²) >= 11 is 0. The number of carboxylic acids is 1. The van der Waals surface area contributed by atoms with Crippen LogP contribution in [-0.4, -0.2) is 46.9 Å². The van der Waals surface area contributed by atoms with Crippen molar-refractivity contribution in [2.75, 3.05) is 13.1 Å². The SMILES string of the molecule is CCCC(=O)NCC(=O)N1CCC[C@H](C(=O)O)[C@@H]1C. The molecule has 108 valence electrons. The minimum atomic E-state index is -0.861. The monoisotopic (exact) mass is 270 g/mol. The molecule has 2 N–H and O–H groups in total. The maximum atomic E-state index is 12.0. The summed E-state index contributed by atoms with van der Waals surface area (Å²) in [6.45, 7) is 4.16. The van der Waals surface area contributed by atoms with Gasteiger partial charge >= 0.3 is 5.97 Å². The molecule has 1 heterocycles. The van der Waals surface area contributed by atoms with Crippen molar-refractivity contribution in [2.24, 2.45) is 5.92 Å². The maximum absolute atomic E-state index is 12.0. The normalized spacial score (nSPS) is 22.9. The number of carbonyl (C=O) groups excluding carboxylic acids is 2. The third-order valence-corrected chi connectivity index (χ3v) is 3.54. The zero-order valence-electron chi connectivity index (χ0n) is 11.5. The molecule has 0 aromatic carbocycles. The van der Waals surface area contributed by atoms with Gasteiger partial charge in [-0.3, -0.25) is 14.4 Å². The fourth-order valence-electron chi connectivity index (χ4n) is 2.42. The molecule has 1 fully saturated rings. The van der Waals surface area contributed by atoms with E-state index < -0.39 is 11.9 Å². The maximum Gasteiger partial charge on any atom is 0.308 e. The number of nitrogens with zero attached hydrogens (tertiary/aromatic N) is 1. The largest absolute Gasteiger partial charge is 0.481 e. The highest BCUT2D eigenvalue weighted by atomic mass is 16.4. The molecule has 0 unspecified atom stereocenters. The van der Waals surface area contributed by atoms with Gasteiger partial charge < -0.3 is 15.3 Å². The van der Waals surface area contributed by atoms with Gasteiger partial charge in [-0.25, -0.2) is 0 Å². The Morgan fingerprint density at radius 2 is 2.05 bits per heavy atom. The average molecular weight is 270 g/mol. The Hall–Kier alpha value is -1.59. The van der Waals surface area contributed by atoms with Gasteiger partial charge in [-0.2, -0.15) is 0 Å². The van der Waals surface area contributed by atoms with Gasteiger partial charge in [-0.1, -0.05) is 6.92 Å². The first kappa shape index (κ1) is 15.5. The molecule has 6 heteroatoms. The minimum Gasteiger partial charge on any atom is -0.481 e. The van der Waals surface area contributed by atoms with Crippen molar-refractivity contribution in [2.45, 2.75) is 45.6 Å². The van der Waals surface area contributed by atoms with Gasteiger partial charge in [0.25, 0.3) is 0 Å². The number of amides is 2. The van der Waals surface area contributed by atoms with Crippen molar-refractivity contribution in [1.29, 1.82) is 0 Å². The topological polar surface area (TPSA) is 86.7 Å². The lowest BCUT2D eigenvalue weighted by molar-refractivity contribution is -0.149. The van der Waals surface area contributed by atoms with Crippen LogP contribution in [0.2, 0.25) is 0 Å². The molecule has 1 rings (SSSR count). The van der Waals surface area contributed by atoms with Crippen LogP contribution in [0.1, 0.15) is 39.5 Å².